The number of hydrogen-bond donors (Lipinski definition) is 2. The summed E-state index contributed by atoms with van der Waals surface area (Å²) < 4.78 is 43.9. The third-order valence-electron chi connectivity index (χ3n) is 5.47. The number of nitrogens with zero attached hydrogens (tertiary/aromatic N) is 6. The lowest BCUT2D eigenvalue weighted by molar-refractivity contribution is -0.274. The smallest absolute Gasteiger partial charge is 0.476 e. The molecule has 0 spiro atoms. The summed E-state index contributed by atoms with van der Waals surface area (Å²) in [5.41, 5.74) is -1.10. The maximum atomic E-state index is 13.0. The zero-order valence-corrected chi connectivity index (χ0v) is 18.9. The first-order valence-corrected chi connectivity index (χ1v) is 10.5. The SMILES string of the molecule is Cc1nc([C@H](C)NC(=O)c2cc(OC(F)(F)F)cc(C3(C#N)CC3)c2)n(-c2cnc(C(=O)O)cn2)n1. The highest BCUT2D eigenvalue weighted by molar-refractivity contribution is 5.95. The van der Waals surface area contributed by atoms with E-state index < -0.39 is 35.4 Å². The molecular weight excluding hydrogens is 483 g/mol. The van der Waals surface area contributed by atoms with Crippen molar-refractivity contribution in [1.82, 2.24) is 30.0 Å². The Balaban J connectivity index is 1.62. The summed E-state index contributed by atoms with van der Waals surface area (Å²) >= 11 is 0. The fraction of sp³-hybridized carbons (Fsp3) is 0.318. The molecule has 1 aliphatic rings. The van der Waals surface area contributed by atoms with Crippen molar-refractivity contribution >= 4 is 11.9 Å². The number of rotatable bonds is 7. The van der Waals surface area contributed by atoms with Crippen LogP contribution in [0.3, 0.4) is 0 Å². The van der Waals surface area contributed by atoms with Crippen molar-refractivity contribution in [2.75, 3.05) is 0 Å². The minimum Gasteiger partial charge on any atom is -0.476 e. The second-order valence-electron chi connectivity index (χ2n) is 8.18. The van der Waals surface area contributed by atoms with Crippen molar-refractivity contribution < 1.29 is 32.6 Å². The summed E-state index contributed by atoms with van der Waals surface area (Å²) in [4.78, 5) is 36.1. The lowest BCUT2D eigenvalue weighted by atomic mass is 9.95. The molecule has 1 aliphatic carbocycles. The first-order chi connectivity index (χ1) is 16.9. The molecule has 2 N–H and O–H groups in total. The van der Waals surface area contributed by atoms with Gasteiger partial charge in [-0.15, -0.1) is 18.3 Å². The summed E-state index contributed by atoms with van der Waals surface area (Å²) in [7, 11) is 0. The van der Waals surface area contributed by atoms with Crippen molar-refractivity contribution in [3.05, 3.63) is 59.1 Å². The number of hydrogen-bond acceptors (Lipinski definition) is 8. The maximum absolute atomic E-state index is 13.0. The number of nitrogens with one attached hydrogen (secondary N) is 1. The average Bonchev–Trinajstić information content (AvgIpc) is 3.52. The van der Waals surface area contributed by atoms with Gasteiger partial charge in [0, 0.05) is 5.56 Å². The third kappa shape index (κ3) is 5.09. The monoisotopic (exact) mass is 501 g/mol. The lowest BCUT2D eigenvalue weighted by Crippen LogP contribution is -2.29. The summed E-state index contributed by atoms with van der Waals surface area (Å²) in [6, 6.07) is 4.71. The molecule has 3 aromatic rings. The van der Waals surface area contributed by atoms with Crippen molar-refractivity contribution in [2.45, 2.75) is 44.5 Å². The van der Waals surface area contributed by atoms with Crippen LogP contribution < -0.4 is 10.1 Å². The van der Waals surface area contributed by atoms with Crippen LogP contribution in [0.4, 0.5) is 13.2 Å². The topological polar surface area (TPSA) is 156 Å². The molecule has 1 fully saturated rings. The van der Waals surface area contributed by atoms with E-state index in [9.17, 15) is 28.0 Å². The summed E-state index contributed by atoms with van der Waals surface area (Å²) in [5, 5.41) is 25.3. The highest BCUT2D eigenvalue weighted by Crippen LogP contribution is 2.48. The summed E-state index contributed by atoms with van der Waals surface area (Å²) in [6.45, 7) is 3.17. The molecule has 0 unspecified atom stereocenters. The van der Waals surface area contributed by atoms with Gasteiger partial charge in [0.2, 0.25) is 0 Å². The van der Waals surface area contributed by atoms with Crippen molar-refractivity contribution in [1.29, 1.82) is 5.26 Å². The molecule has 1 aromatic carbocycles. The van der Waals surface area contributed by atoms with Crippen molar-refractivity contribution in [3.63, 3.8) is 0 Å². The number of benzene rings is 1. The van der Waals surface area contributed by atoms with Gasteiger partial charge in [-0.25, -0.2) is 19.7 Å². The highest BCUT2D eigenvalue weighted by atomic mass is 19.4. The zero-order chi connectivity index (χ0) is 26.3. The van der Waals surface area contributed by atoms with E-state index in [2.05, 4.69) is 36.2 Å². The fourth-order valence-corrected chi connectivity index (χ4v) is 3.55. The van der Waals surface area contributed by atoms with Crippen LogP contribution in [0.1, 0.15) is 63.9 Å². The van der Waals surface area contributed by atoms with E-state index in [4.69, 9.17) is 5.11 Å². The number of halogens is 3. The van der Waals surface area contributed by atoms with E-state index in [1.807, 2.05) is 0 Å². The van der Waals surface area contributed by atoms with E-state index in [0.29, 0.717) is 18.7 Å². The Morgan fingerprint density at radius 3 is 2.53 bits per heavy atom. The Morgan fingerprint density at radius 2 is 1.97 bits per heavy atom. The highest BCUT2D eigenvalue weighted by Gasteiger charge is 2.46. The number of aromatic nitrogens is 5. The minimum atomic E-state index is -4.98. The number of aromatic carboxylic acids is 1. The Labute approximate surface area is 201 Å². The number of aryl methyl sites for hydroxylation is 1. The molecule has 2 aromatic heterocycles. The zero-order valence-electron chi connectivity index (χ0n) is 18.9. The number of amides is 1. The normalized spacial score (nSPS) is 15.0. The number of alkyl halides is 3. The van der Waals surface area contributed by atoms with Crippen LogP contribution >= 0.6 is 0 Å². The molecule has 0 saturated heterocycles. The Morgan fingerprint density at radius 1 is 1.25 bits per heavy atom. The molecule has 0 bridgehead atoms. The van der Waals surface area contributed by atoms with Gasteiger partial charge in [0.15, 0.2) is 17.3 Å². The van der Waals surface area contributed by atoms with Gasteiger partial charge in [0.25, 0.3) is 5.91 Å². The van der Waals surface area contributed by atoms with Gasteiger partial charge < -0.3 is 15.2 Å². The van der Waals surface area contributed by atoms with E-state index in [-0.39, 0.29) is 28.5 Å². The molecule has 14 heteroatoms. The average molecular weight is 501 g/mol. The lowest BCUT2D eigenvalue weighted by Gasteiger charge is -2.17. The van der Waals surface area contributed by atoms with Gasteiger partial charge in [-0.2, -0.15) is 9.94 Å². The van der Waals surface area contributed by atoms with Crippen molar-refractivity contribution in [2.24, 2.45) is 0 Å². The first kappa shape index (κ1) is 24.6. The molecule has 2 heterocycles. The third-order valence-corrected chi connectivity index (χ3v) is 5.47. The van der Waals surface area contributed by atoms with Crippen LogP contribution in [0.2, 0.25) is 0 Å². The molecule has 0 aliphatic heterocycles. The van der Waals surface area contributed by atoms with Gasteiger partial charge in [-0.1, -0.05) is 0 Å². The number of ether oxygens (including phenoxy) is 1. The number of carbonyl (C=O) groups excluding carboxylic acids is 1. The minimum absolute atomic E-state index is 0.131. The predicted molar refractivity (Wildman–Crippen MR) is 114 cm³/mol. The summed E-state index contributed by atoms with van der Waals surface area (Å²) in [6.07, 6.45) is -1.84. The summed E-state index contributed by atoms with van der Waals surface area (Å²) in [5.74, 6) is -1.91. The van der Waals surface area contributed by atoms with Crippen molar-refractivity contribution in [3.8, 4) is 17.6 Å². The van der Waals surface area contributed by atoms with Crippen LogP contribution in [0.15, 0.2) is 30.6 Å². The van der Waals surface area contributed by atoms with Gasteiger partial charge in [0.1, 0.15) is 11.6 Å². The van der Waals surface area contributed by atoms with Crippen LogP contribution in [0.25, 0.3) is 5.82 Å². The molecule has 4 rings (SSSR count). The fourth-order valence-electron chi connectivity index (χ4n) is 3.55. The van der Waals surface area contributed by atoms with Gasteiger partial charge in [-0.05, 0) is 50.5 Å². The van der Waals surface area contributed by atoms with E-state index >= 15 is 0 Å². The number of carboxylic acids is 1. The second kappa shape index (κ2) is 8.91. The standard InChI is InChI=1S/C22H18F3N7O4/c1-11(18-30-12(2)31-32(18)17-9-27-16(8-28-17)20(34)35)29-19(33)13-5-14(21(10-26)3-4-21)7-15(6-13)36-22(23,24)25/h5-9,11H,3-4H2,1-2H3,(H,29,33)(H,34,35)/t11-/m0/s1. The molecule has 0 radical (unpaired) electrons. The largest absolute Gasteiger partial charge is 0.573 e. The van der Waals surface area contributed by atoms with E-state index in [1.165, 1.54) is 16.9 Å². The second-order valence-corrected chi connectivity index (χ2v) is 8.18. The van der Waals surface area contributed by atoms with E-state index in [1.54, 1.807) is 13.8 Å². The first-order valence-electron chi connectivity index (χ1n) is 10.5. The number of nitriles is 1. The molecule has 1 amide bonds. The Hall–Kier alpha value is -4.54. The number of carboxylic acid groups (broad SMARTS) is 1. The van der Waals surface area contributed by atoms with Crippen LogP contribution in [0, 0.1) is 18.3 Å². The van der Waals surface area contributed by atoms with Gasteiger partial charge in [-0.3, -0.25) is 4.79 Å². The van der Waals surface area contributed by atoms with Crippen LogP contribution in [0.5, 0.6) is 5.75 Å². The molecule has 1 atom stereocenters. The predicted octanol–water partition coefficient (Wildman–Crippen LogP) is 3.01. The molecule has 186 valence electrons. The number of carbonyl (C=O) groups is 2. The molecule has 36 heavy (non-hydrogen) atoms. The maximum Gasteiger partial charge on any atom is 0.573 e. The van der Waals surface area contributed by atoms with E-state index in [0.717, 1.165) is 18.3 Å². The van der Waals surface area contributed by atoms with Gasteiger partial charge in [0.05, 0.1) is 29.9 Å². The van der Waals surface area contributed by atoms with Crippen LogP contribution in [-0.4, -0.2) is 48.1 Å². The Bertz CT molecular complexity index is 1380. The Kier molecular flexibility index (Phi) is 6.09. The van der Waals surface area contributed by atoms with Crippen LogP contribution in [-0.2, 0) is 5.41 Å². The quantitative estimate of drug-likeness (QED) is 0.497. The molecule has 1 saturated carbocycles. The van der Waals surface area contributed by atoms with Gasteiger partial charge >= 0.3 is 12.3 Å². The molecule has 11 nitrogen and oxygen atoms in total. The molecular formula is C22H18F3N7O4.